The van der Waals surface area contributed by atoms with Crippen molar-refractivity contribution in [2.45, 2.75) is 23.8 Å². The zero-order valence-corrected chi connectivity index (χ0v) is 10.3. The van der Waals surface area contributed by atoms with E-state index >= 15 is 0 Å². The van der Waals surface area contributed by atoms with Crippen LogP contribution in [0.2, 0.25) is 0 Å². The van der Waals surface area contributed by atoms with Crippen LogP contribution in [0.15, 0.2) is 35.2 Å². The fourth-order valence-corrected chi connectivity index (χ4v) is 3.21. The van der Waals surface area contributed by atoms with Gasteiger partial charge in [0.15, 0.2) is 0 Å². The molecule has 0 aliphatic rings. The zero-order chi connectivity index (χ0) is 11.8. The molecule has 2 N–H and O–H groups in total. The van der Waals surface area contributed by atoms with Gasteiger partial charge in [0.2, 0.25) is 0 Å². The first-order chi connectivity index (χ1) is 7.68. The van der Waals surface area contributed by atoms with Crippen LogP contribution in [0.25, 0.3) is 0 Å². The number of carboxylic acid groups (broad SMARTS) is 1. The molecule has 1 unspecified atom stereocenters. The number of aliphatic carboxylic acids is 1. The second-order valence-corrected chi connectivity index (χ2v) is 5.75. The monoisotopic (exact) mass is 258 g/mol. The number of hydrogen-bond acceptors (Lipinski definition) is 4. The SMILES string of the molecule is O=C(O)CC(O)CCSSc1ccccc1. The van der Waals surface area contributed by atoms with E-state index < -0.39 is 12.1 Å². The van der Waals surface area contributed by atoms with E-state index in [9.17, 15) is 9.90 Å². The highest BCUT2D eigenvalue weighted by Gasteiger charge is 2.08. The van der Waals surface area contributed by atoms with Crippen molar-refractivity contribution in [1.82, 2.24) is 0 Å². The van der Waals surface area contributed by atoms with Crippen LogP contribution in [-0.4, -0.2) is 28.0 Å². The van der Waals surface area contributed by atoms with Crippen LogP contribution < -0.4 is 0 Å². The smallest absolute Gasteiger partial charge is 0.305 e. The summed E-state index contributed by atoms with van der Waals surface area (Å²) in [6.45, 7) is 0. The van der Waals surface area contributed by atoms with Gasteiger partial charge in [0, 0.05) is 10.6 Å². The Hall–Kier alpha value is -0.650. The third-order valence-electron chi connectivity index (χ3n) is 1.84. The van der Waals surface area contributed by atoms with Gasteiger partial charge in [-0.2, -0.15) is 0 Å². The van der Waals surface area contributed by atoms with Gasteiger partial charge in [0.1, 0.15) is 0 Å². The number of hydrogen-bond donors (Lipinski definition) is 2. The van der Waals surface area contributed by atoms with E-state index in [2.05, 4.69) is 0 Å². The van der Waals surface area contributed by atoms with E-state index in [4.69, 9.17) is 5.11 Å². The van der Waals surface area contributed by atoms with Gasteiger partial charge >= 0.3 is 5.97 Å². The number of aliphatic hydroxyl groups is 1. The maximum Gasteiger partial charge on any atom is 0.305 e. The van der Waals surface area contributed by atoms with Gasteiger partial charge in [-0.05, 0) is 18.6 Å². The summed E-state index contributed by atoms with van der Waals surface area (Å²) >= 11 is 0. The van der Waals surface area contributed by atoms with Crippen molar-refractivity contribution < 1.29 is 15.0 Å². The average molecular weight is 258 g/mol. The summed E-state index contributed by atoms with van der Waals surface area (Å²) < 4.78 is 0. The maximum atomic E-state index is 10.3. The molecule has 0 aromatic heterocycles. The quantitative estimate of drug-likeness (QED) is 0.581. The van der Waals surface area contributed by atoms with Gasteiger partial charge < -0.3 is 10.2 Å². The molecular formula is C11H14O3S2. The summed E-state index contributed by atoms with van der Waals surface area (Å²) in [5.41, 5.74) is 0. The Kier molecular flexibility index (Phi) is 6.37. The lowest BCUT2D eigenvalue weighted by molar-refractivity contribution is -0.139. The highest BCUT2D eigenvalue weighted by Crippen LogP contribution is 2.31. The number of carboxylic acids is 1. The van der Waals surface area contributed by atoms with E-state index in [-0.39, 0.29) is 6.42 Å². The average Bonchev–Trinajstić information content (AvgIpc) is 2.25. The highest BCUT2D eigenvalue weighted by atomic mass is 33.1. The molecule has 88 valence electrons. The largest absolute Gasteiger partial charge is 0.481 e. The van der Waals surface area contributed by atoms with Crippen LogP contribution in [0.4, 0.5) is 0 Å². The maximum absolute atomic E-state index is 10.3. The molecule has 0 heterocycles. The minimum absolute atomic E-state index is 0.170. The summed E-state index contributed by atoms with van der Waals surface area (Å²) in [6.07, 6.45) is -0.394. The fourth-order valence-electron chi connectivity index (χ4n) is 1.07. The van der Waals surface area contributed by atoms with Crippen LogP contribution in [0, 0.1) is 0 Å². The Morgan fingerprint density at radius 2 is 2.00 bits per heavy atom. The molecule has 1 atom stereocenters. The van der Waals surface area contributed by atoms with Crippen LogP contribution in [-0.2, 0) is 4.79 Å². The number of benzene rings is 1. The van der Waals surface area contributed by atoms with E-state index in [1.54, 1.807) is 21.6 Å². The second-order valence-electron chi connectivity index (χ2n) is 3.26. The van der Waals surface area contributed by atoms with Crippen molar-refractivity contribution in [2.24, 2.45) is 0 Å². The lowest BCUT2D eigenvalue weighted by atomic mass is 10.2. The minimum Gasteiger partial charge on any atom is -0.481 e. The van der Waals surface area contributed by atoms with Crippen molar-refractivity contribution >= 4 is 27.6 Å². The highest BCUT2D eigenvalue weighted by molar-refractivity contribution is 8.76. The molecule has 3 nitrogen and oxygen atoms in total. The molecule has 0 aliphatic carbocycles. The van der Waals surface area contributed by atoms with Gasteiger partial charge in [0.05, 0.1) is 12.5 Å². The molecule has 0 spiro atoms. The molecule has 0 saturated heterocycles. The van der Waals surface area contributed by atoms with Crippen molar-refractivity contribution in [2.75, 3.05) is 5.75 Å². The summed E-state index contributed by atoms with van der Waals surface area (Å²) in [5, 5.41) is 17.8. The lowest BCUT2D eigenvalue weighted by Gasteiger charge is -2.06. The predicted molar refractivity (Wildman–Crippen MR) is 67.6 cm³/mol. The van der Waals surface area contributed by atoms with Crippen molar-refractivity contribution in [1.29, 1.82) is 0 Å². The van der Waals surface area contributed by atoms with E-state index in [0.717, 1.165) is 5.75 Å². The molecule has 1 aromatic rings. The molecule has 0 aliphatic heterocycles. The van der Waals surface area contributed by atoms with Crippen LogP contribution >= 0.6 is 21.6 Å². The predicted octanol–water partition coefficient (Wildman–Crippen LogP) is 2.65. The molecule has 0 amide bonds. The van der Waals surface area contributed by atoms with Gasteiger partial charge in [-0.15, -0.1) is 0 Å². The van der Waals surface area contributed by atoms with Crippen LogP contribution in [0.5, 0.6) is 0 Å². The Bertz CT molecular complexity index is 316. The van der Waals surface area contributed by atoms with E-state index in [0.29, 0.717) is 6.42 Å². The van der Waals surface area contributed by atoms with Gasteiger partial charge in [-0.3, -0.25) is 4.79 Å². The Balaban J connectivity index is 2.10. The molecule has 1 aromatic carbocycles. The fraction of sp³-hybridized carbons (Fsp3) is 0.364. The first-order valence-electron chi connectivity index (χ1n) is 4.93. The van der Waals surface area contributed by atoms with Gasteiger partial charge in [-0.25, -0.2) is 0 Å². The zero-order valence-electron chi connectivity index (χ0n) is 8.70. The summed E-state index contributed by atoms with van der Waals surface area (Å²) in [7, 11) is 3.26. The lowest BCUT2D eigenvalue weighted by Crippen LogP contribution is -2.13. The Morgan fingerprint density at radius 1 is 1.31 bits per heavy atom. The molecule has 1 rings (SSSR count). The molecule has 0 bridgehead atoms. The number of rotatable bonds is 7. The summed E-state index contributed by atoms with van der Waals surface area (Å²) in [6, 6.07) is 9.95. The van der Waals surface area contributed by atoms with Crippen molar-refractivity contribution in [3.8, 4) is 0 Å². The van der Waals surface area contributed by atoms with E-state index in [1.807, 2.05) is 30.3 Å². The van der Waals surface area contributed by atoms with Gasteiger partial charge in [-0.1, -0.05) is 39.8 Å². The van der Waals surface area contributed by atoms with Crippen LogP contribution in [0.1, 0.15) is 12.8 Å². The topological polar surface area (TPSA) is 57.5 Å². The molecular weight excluding hydrogens is 244 g/mol. The summed E-state index contributed by atoms with van der Waals surface area (Å²) in [5.74, 6) is -0.207. The number of aliphatic hydroxyl groups excluding tert-OH is 1. The molecule has 0 saturated carbocycles. The molecule has 5 heteroatoms. The van der Waals surface area contributed by atoms with Gasteiger partial charge in [0.25, 0.3) is 0 Å². The normalized spacial score (nSPS) is 12.3. The van der Waals surface area contributed by atoms with Crippen LogP contribution in [0.3, 0.4) is 0 Å². The third kappa shape index (κ3) is 6.05. The third-order valence-corrected chi connectivity index (χ3v) is 4.26. The van der Waals surface area contributed by atoms with E-state index in [1.165, 1.54) is 4.90 Å². The Morgan fingerprint density at radius 3 is 2.62 bits per heavy atom. The second kappa shape index (κ2) is 7.60. The molecule has 0 radical (unpaired) electrons. The Labute approximate surface area is 103 Å². The molecule has 0 fully saturated rings. The standard InChI is InChI=1S/C11H14O3S2/c12-9(8-11(13)14)6-7-15-16-10-4-2-1-3-5-10/h1-5,9,12H,6-8H2,(H,13,14). The van der Waals surface area contributed by atoms with Crippen molar-refractivity contribution in [3.63, 3.8) is 0 Å². The minimum atomic E-state index is -0.951. The van der Waals surface area contributed by atoms with Crippen molar-refractivity contribution in [3.05, 3.63) is 30.3 Å². The number of carbonyl (C=O) groups is 1. The first kappa shape index (κ1) is 13.4. The first-order valence-corrected chi connectivity index (χ1v) is 7.25. The molecule has 16 heavy (non-hydrogen) atoms. The summed E-state index contributed by atoms with van der Waals surface area (Å²) in [4.78, 5) is 11.5.